The Labute approximate surface area is 166 Å². The molecule has 28 heavy (non-hydrogen) atoms. The number of aliphatic imine (C=N–C) groups is 1. The Bertz CT molecular complexity index is 969. The van der Waals surface area contributed by atoms with E-state index in [0.717, 1.165) is 17.0 Å². The van der Waals surface area contributed by atoms with Gasteiger partial charge in [0.05, 0.1) is 24.3 Å². The molecule has 2 aromatic carbocycles. The van der Waals surface area contributed by atoms with E-state index in [2.05, 4.69) is 10.3 Å². The van der Waals surface area contributed by atoms with Gasteiger partial charge in [-0.25, -0.2) is 4.99 Å². The maximum absolute atomic E-state index is 12.4. The first kappa shape index (κ1) is 18.2. The number of carbonyl (C=O) groups excluding carboxylic acids is 1. The lowest BCUT2D eigenvalue weighted by Crippen LogP contribution is -2.19. The zero-order valence-electron chi connectivity index (χ0n) is 15.4. The number of amides is 1. The van der Waals surface area contributed by atoms with Crippen molar-refractivity contribution in [1.29, 1.82) is 0 Å². The first-order chi connectivity index (χ1) is 13.7. The molecule has 0 aromatic heterocycles. The molecule has 0 saturated carbocycles. The number of fused-ring (bicyclic) bond motifs is 1. The highest BCUT2D eigenvalue weighted by atomic mass is 32.2. The molecular formula is C20H18N2O5S. The van der Waals surface area contributed by atoms with Crippen LogP contribution in [0.25, 0.3) is 6.08 Å². The standard InChI is InChI=1S/C20H18N2O5S/c1-3-25-14-6-4-13(5-7-14)21-20-22-19(23)18(28-20)9-12-8-16-17(27-11-26-16)10-15(12)24-2/h4-10H,3,11H2,1-2H3,(H,21,22,23)/b18-9+. The molecule has 7 nitrogen and oxygen atoms in total. The molecule has 0 spiro atoms. The molecule has 4 rings (SSSR count). The van der Waals surface area contributed by atoms with Crippen LogP contribution in [0.4, 0.5) is 5.69 Å². The second-order valence-electron chi connectivity index (χ2n) is 5.86. The molecule has 1 fully saturated rings. The summed E-state index contributed by atoms with van der Waals surface area (Å²) in [7, 11) is 1.57. The number of thioether (sulfide) groups is 1. The maximum atomic E-state index is 12.4. The van der Waals surface area contributed by atoms with Gasteiger partial charge in [-0.2, -0.15) is 0 Å². The van der Waals surface area contributed by atoms with Gasteiger partial charge in [-0.1, -0.05) is 0 Å². The minimum atomic E-state index is -0.214. The molecule has 2 aromatic rings. The van der Waals surface area contributed by atoms with E-state index in [1.165, 1.54) is 11.8 Å². The Morgan fingerprint density at radius 3 is 2.68 bits per heavy atom. The van der Waals surface area contributed by atoms with Gasteiger partial charge in [0.15, 0.2) is 16.7 Å². The lowest BCUT2D eigenvalue weighted by molar-refractivity contribution is -0.115. The van der Waals surface area contributed by atoms with E-state index in [1.54, 1.807) is 25.3 Å². The van der Waals surface area contributed by atoms with Crippen LogP contribution in [-0.4, -0.2) is 31.6 Å². The third kappa shape index (κ3) is 3.77. The van der Waals surface area contributed by atoms with E-state index < -0.39 is 0 Å². The lowest BCUT2D eigenvalue weighted by atomic mass is 10.1. The number of benzene rings is 2. The van der Waals surface area contributed by atoms with Crippen LogP contribution in [0.3, 0.4) is 0 Å². The van der Waals surface area contributed by atoms with Crippen molar-refractivity contribution in [2.75, 3.05) is 20.5 Å². The van der Waals surface area contributed by atoms with Crippen molar-refractivity contribution in [3.63, 3.8) is 0 Å². The van der Waals surface area contributed by atoms with E-state index >= 15 is 0 Å². The summed E-state index contributed by atoms with van der Waals surface area (Å²) in [6.07, 6.45) is 1.75. The molecule has 8 heteroatoms. The largest absolute Gasteiger partial charge is 0.496 e. The molecule has 1 amide bonds. The number of methoxy groups -OCH3 is 1. The molecule has 0 bridgehead atoms. The fourth-order valence-corrected chi connectivity index (χ4v) is 3.58. The molecule has 1 N–H and O–H groups in total. The summed E-state index contributed by atoms with van der Waals surface area (Å²) in [5.74, 6) is 2.42. The minimum absolute atomic E-state index is 0.173. The summed E-state index contributed by atoms with van der Waals surface area (Å²) in [5, 5.41) is 3.29. The summed E-state index contributed by atoms with van der Waals surface area (Å²) in [5.41, 5.74) is 1.46. The summed E-state index contributed by atoms with van der Waals surface area (Å²) in [6, 6.07) is 10.9. The Morgan fingerprint density at radius 1 is 1.21 bits per heavy atom. The Morgan fingerprint density at radius 2 is 1.96 bits per heavy atom. The van der Waals surface area contributed by atoms with Crippen LogP contribution in [0.15, 0.2) is 46.3 Å². The summed E-state index contributed by atoms with van der Waals surface area (Å²) in [6.45, 7) is 2.71. The van der Waals surface area contributed by atoms with E-state index in [9.17, 15) is 4.79 Å². The van der Waals surface area contributed by atoms with E-state index in [-0.39, 0.29) is 12.7 Å². The second-order valence-corrected chi connectivity index (χ2v) is 6.89. The van der Waals surface area contributed by atoms with Gasteiger partial charge in [0, 0.05) is 11.6 Å². The van der Waals surface area contributed by atoms with Crippen molar-refractivity contribution in [1.82, 2.24) is 5.32 Å². The van der Waals surface area contributed by atoms with Gasteiger partial charge in [-0.05, 0) is 55.1 Å². The first-order valence-corrected chi connectivity index (χ1v) is 9.48. The molecule has 0 aliphatic carbocycles. The molecule has 2 aliphatic heterocycles. The van der Waals surface area contributed by atoms with Crippen LogP contribution in [-0.2, 0) is 4.79 Å². The van der Waals surface area contributed by atoms with Gasteiger partial charge in [0.25, 0.3) is 5.91 Å². The smallest absolute Gasteiger partial charge is 0.264 e. The van der Waals surface area contributed by atoms with E-state index in [4.69, 9.17) is 18.9 Å². The van der Waals surface area contributed by atoms with Crippen LogP contribution in [0, 0.1) is 0 Å². The number of rotatable bonds is 5. The SMILES string of the molecule is CCOc1ccc(N=C2NC(=O)/C(=C\c3cc4c(cc3OC)OCO4)S2)cc1. The maximum Gasteiger partial charge on any atom is 0.264 e. The molecule has 2 heterocycles. The minimum Gasteiger partial charge on any atom is -0.496 e. The predicted molar refractivity (Wildman–Crippen MR) is 108 cm³/mol. The normalized spacial score (nSPS) is 17.9. The molecule has 0 unspecified atom stereocenters. The topological polar surface area (TPSA) is 78.4 Å². The third-order valence-electron chi connectivity index (χ3n) is 4.04. The van der Waals surface area contributed by atoms with E-state index in [0.29, 0.717) is 33.9 Å². The Balaban J connectivity index is 1.56. The Hall–Kier alpha value is -3.13. The number of amidine groups is 1. The van der Waals surface area contributed by atoms with Gasteiger partial charge < -0.3 is 24.3 Å². The summed E-state index contributed by atoms with van der Waals surface area (Å²) < 4.78 is 21.6. The van der Waals surface area contributed by atoms with Gasteiger partial charge in [0.1, 0.15) is 11.5 Å². The number of nitrogens with zero attached hydrogens (tertiary/aromatic N) is 1. The second kappa shape index (κ2) is 7.85. The van der Waals surface area contributed by atoms with Crippen LogP contribution in [0.5, 0.6) is 23.0 Å². The summed E-state index contributed by atoms with van der Waals surface area (Å²) >= 11 is 1.27. The van der Waals surface area contributed by atoms with E-state index in [1.807, 2.05) is 31.2 Å². The number of ether oxygens (including phenoxy) is 4. The van der Waals surface area contributed by atoms with Crippen LogP contribution in [0.2, 0.25) is 0 Å². The monoisotopic (exact) mass is 398 g/mol. The van der Waals surface area contributed by atoms with Crippen LogP contribution < -0.4 is 24.3 Å². The average molecular weight is 398 g/mol. The van der Waals surface area contributed by atoms with Crippen LogP contribution >= 0.6 is 11.8 Å². The molecule has 0 atom stereocenters. The van der Waals surface area contributed by atoms with Gasteiger partial charge in [-0.3, -0.25) is 4.79 Å². The highest BCUT2D eigenvalue weighted by molar-refractivity contribution is 8.18. The zero-order valence-corrected chi connectivity index (χ0v) is 16.2. The van der Waals surface area contributed by atoms with Crippen LogP contribution in [0.1, 0.15) is 12.5 Å². The molecule has 1 saturated heterocycles. The van der Waals surface area contributed by atoms with Crippen molar-refractivity contribution in [3.8, 4) is 23.0 Å². The lowest BCUT2D eigenvalue weighted by Gasteiger charge is -2.06. The number of hydrogen-bond donors (Lipinski definition) is 1. The highest BCUT2D eigenvalue weighted by Crippen LogP contribution is 2.40. The molecule has 0 radical (unpaired) electrons. The zero-order chi connectivity index (χ0) is 19.5. The highest BCUT2D eigenvalue weighted by Gasteiger charge is 2.25. The molecule has 144 valence electrons. The van der Waals surface area contributed by atoms with Crippen molar-refractivity contribution < 1.29 is 23.7 Å². The van der Waals surface area contributed by atoms with Crippen molar-refractivity contribution >= 4 is 34.6 Å². The molecular weight excluding hydrogens is 380 g/mol. The predicted octanol–water partition coefficient (Wildman–Crippen LogP) is 3.71. The summed E-state index contributed by atoms with van der Waals surface area (Å²) in [4.78, 5) is 17.3. The number of carbonyl (C=O) groups is 1. The molecule has 2 aliphatic rings. The fourth-order valence-electron chi connectivity index (χ4n) is 2.75. The average Bonchev–Trinajstić information content (AvgIpc) is 3.29. The van der Waals surface area contributed by atoms with Gasteiger partial charge >= 0.3 is 0 Å². The number of hydrogen-bond acceptors (Lipinski definition) is 7. The van der Waals surface area contributed by atoms with Gasteiger partial charge in [0.2, 0.25) is 6.79 Å². The van der Waals surface area contributed by atoms with Crippen molar-refractivity contribution in [2.24, 2.45) is 4.99 Å². The van der Waals surface area contributed by atoms with Gasteiger partial charge in [-0.15, -0.1) is 0 Å². The van der Waals surface area contributed by atoms with Crippen molar-refractivity contribution in [2.45, 2.75) is 6.92 Å². The van der Waals surface area contributed by atoms with Crippen molar-refractivity contribution in [3.05, 3.63) is 46.9 Å². The number of nitrogens with one attached hydrogen (secondary N) is 1. The third-order valence-corrected chi connectivity index (χ3v) is 4.95. The fraction of sp³-hybridized carbons (Fsp3) is 0.200. The quantitative estimate of drug-likeness (QED) is 0.774. The Kier molecular flexibility index (Phi) is 5.12. The first-order valence-electron chi connectivity index (χ1n) is 8.66.